The van der Waals surface area contributed by atoms with E-state index in [1.54, 1.807) is 28.6 Å². The maximum Gasteiger partial charge on any atom is 0.251 e. The first-order chi connectivity index (χ1) is 13.3. The normalized spacial score (nSPS) is 16.1. The van der Waals surface area contributed by atoms with Crippen molar-refractivity contribution in [1.82, 2.24) is 9.62 Å². The highest BCUT2D eigenvalue weighted by Crippen LogP contribution is 2.19. The average molecular weight is 401 g/mol. The number of hydrogen-bond donors (Lipinski definition) is 1. The molecule has 1 N–H and O–H groups in total. The van der Waals surface area contributed by atoms with Crippen LogP contribution in [0.25, 0.3) is 0 Å². The Labute approximate surface area is 167 Å². The van der Waals surface area contributed by atoms with E-state index in [1.165, 1.54) is 11.1 Å². The number of carbonyl (C=O) groups excluding carboxylic acids is 1. The van der Waals surface area contributed by atoms with Gasteiger partial charge >= 0.3 is 0 Å². The molecule has 2 aromatic carbocycles. The summed E-state index contributed by atoms with van der Waals surface area (Å²) in [5, 5.41) is 3.01. The zero-order valence-electron chi connectivity index (χ0n) is 16.7. The van der Waals surface area contributed by atoms with Gasteiger partial charge in [0.1, 0.15) is 0 Å². The number of sulfonamides is 1. The molecule has 1 aliphatic heterocycles. The van der Waals surface area contributed by atoms with Gasteiger partial charge in [0, 0.05) is 18.7 Å². The highest BCUT2D eigenvalue weighted by Gasteiger charge is 2.25. The van der Waals surface area contributed by atoms with E-state index in [1.807, 2.05) is 13.0 Å². The summed E-state index contributed by atoms with van der Waals surface area (Å²) in [5.74, 6) is -0.187. The Kier molecular flexibility index (Phi) is 6.20. The molecule has 0 aliphatic carbocycles. The molecule has 0 saturated carbocycles. The Hall–Kier alpha value is -2.18. The third-order valence-electron chi connectivity index (χ3n) is 5.40. The van der Waals surface area contributed by atoms with Crippen LogP contribution in [0.4, 0.5) is 0 Å². The molecule has 150 valence electrons. The van der Waals surface area contributed by atoms with Crippen LogP contribution in [0.15, 0.2) is 42.5 Å². The summed E-state index contributed by atoms with van der Waals surface area (Å²) in [5.41, 5.74) is 4.71. The molecule has 2 aromatic rings. The zero-order valence-corrected chi connectivity index (χ0v) is 17.6. The van der Waals surface area contributed by atoms with Crippen LogP contribution in [-0.2, 0) is 15.8 Å². The lowest BCUT2D eigenvalue weighted by Gasteiger charge is -2.17. The molecule has 1 aliphatic rings. The summed E-state index contributed by atoms with van der Waals surface area (Å²) in [4.78, 5) is 12.5. The van der Waals surface area contributed by atoms with Gasteiger partial charge in [0.15, 0.2) is 0 Å². The van der Waals surface area contributed by atoms with Crippen molar-refractivity contribution < 1.29 is 13.2 Å². The molecule has 28 heavy (non-hydrogen) atoms. The van der Waals surface area contributed by atoms with E-state index in [0.717, 1.165) is 18.4 Å². The summed E-state index contributed by atoms with van der Waals surface area (Å²) in [6.45, 7) is 7.30. The van der Waals surface area contributed by atoms with Crippen LogP contribution < -0.4 is 5.32 Å². The fourth-order valence-corrected chi connectivity index (χ4v) is 5.03. The lowest BCUT2D eigenvalue weighted by atomic mass is 10.0. The van der Waals surface area contributed by atoms with Crippen LogP contribution in [0.3, 0.4) is 0 Å². The minimum absolute atomic E-state index is 0.0199. The molecule has 0 spiro atoms. The second kappa shape index (κ2) is 8.45. The number of nitrogens with zero attached hydrogens (tertiary/aromatic N) is 1. The predicted molar refractivity (Wildman–Crippen MR) is 112 cm³/mol. The number of benzene rings is 2. The van der Waals surface area contributed by atoms with E-state index in [4.69, 9.17) is 0 Å². The van der Waals surface area contributed by atoms with Gasteiger partial charge in [-0.05, 0) is 68.0 Å². The van der Waals surface area contributed by atoms with E-state index >= 15 is 0 Å². The first-order valence-corrected chi connectivity index (χ1v) is 11.3. The van der Waals surface area contributed by atoms with Gasteiger partial charge < -0.3 is 5.32 Å². The van der Waals surface area contributed by atoms with Crippen LogP contribution in [0.2, 0.25) is 0 Å². The Balaban J connectivity index is 1.63. The standard InChI is InChI=1S/C22H28N2O3S/c1-16-6-9-21(14-17(16)2)18(3)23-22(25)20-10-7-19(8-11-20)15-28(26,27)24-12-4-5-13-24/h6-11,14,18H,4-5,12-13,15H2,1-3H3,(H,23,25). The molecule has 5 nitrogen and oxygen atoms in total. The predicted octanol–water partition coefficient (Wildman–Crippen LogP) is 3.72. The second-order valence-corrected chi connectivity index (χ2v) is 9.57. The monoisotopic (exact) mass is 400 g/mol. The zero-order chi connectivity index (χ0) is 20.3. The van der Waals surface area contributed by atoms with Crippen molar-refractivity contribution in [3.8, 4) is 0 Å². The number of aryl methyl sites for hydroxylation is 2. The maximum atomic E-state index is 12.5. The van der Waals surface area contributed by atoms with Gasteiger partial charge in [-0.2, -0.15) is 0 Å². The van der Waals surface area contributed by atoms with Gasteiger partial charge in [0.05, 0.1) is 11.8 Å². The van der Waals surface area contributed by atoms with Crippen molar-refractivity contribution in [3.05, 3.63) is 70.3 Å². The summed E-state index contributed by atoms with van der Waals surface area (Å²) in [7, 11) is -3.28. The molecule has 1 fully saturated rings. The number of hydrogen-bond acceptors (Lipinski definition) is 3. The van der Waals surface area contributed by atoms with E-state index < -0.39 is 10.0 Å². The van der Waals surface area contributed by atoms with E-state index in [9.17, 15) is 13.2 Å². The van der Waals surface area contributed by atoms with Crippen molar-refractivity contribution in [2.45, 2.75) is 45.4 Å². The van der Waals surface area contributed by atoms with Crippen molar-refractivity contribution in [2.75, 3.05) is 13.1 Å². The SMILES string of the molecule is Cc1ccc(C(C)NC(=O)c2ccc(CS(=O)(=O)N3CCCC3)cc2)cc1C. The lowest BCUT2D eigenvalue weighted by Crippen LogP contribution is -2.29. The van der Waals surface area contributed by atoms with Crippen LogP contribution in [-0.4, -0.2) is 31.7 Å². The maximum absolute atomic E-state index is 12.5. The summed E-state index contributed by atoms with van der Waals surface area (Å²) in [6, 6.07) is 12.9. The largest absolute Gasteiger partial charge is 0.346 e. The van der Waals surface area contributed by atoms with Gasteiger partial charge in [0.2, 0.25) is 10.0 Å². The molecular formula is C22H28N2O3S. The van der Waals surface area contributed by atoms with Crippen molar-refractivity contribution >= 4 is 15.9 Å². The smallest absolute Gasteiger partial charge is 0.251 e. The van der Waals surface area contributed by atoms with Crippen LogP contribution in [0.5, 0.6) is 0 Å². The Morgan fingerprint density at radius 3 is 2.29 bits per heavy atom. The Morgan fingerprint density at radius 2 is 1.68 bits per heavy atom. The van der Waals surface area contributed by atoms with Crippen molar-refractivity contribution in [3.63, 3.8) is 0 Å². The van der Waals surface area contributed by atoms with Gasteiger partial charge in [-0.25, -0.2) is 12.7 Å². The molecule has 1 saturated heterocycles. The summed E-state index contributed by atoms with van der Waals surface area (Å²) in [6.07, 6.45) is 1.86. The van der Waals surface area contributed by atoms with Crippen LogP contribution in [0, 0.1) is 13.8 Å². The molecule has 0 aromatic heterocycles. The molecule has 1 amide bonds. The fraction of sp³-hybridized carbons (Fsp3) is 0.409. The third-order valence-corrected chi connectivity index (χ3v) is 7.25. The third kappa shape index (κ3) is 4.80. The molecule has 1 heterocycles. The number of carbonyl (C=O) groups is 1. The Bertz CT molecular complexity index is 946. The topological polar surface area (TPSA) is 66.5 Å². The van der Waals surface area contributed by atoms with Crippen LogP contribution in [0.1, 0.15) is 58.4 Å². The van der Waals surface area contributed by atoms with Crippen LogP contribution >= 0.6 is 0 Å². The van der Waals surface area contributed by atoms with Gasteiger partial charge in [-0.1, -0.05) is 30.3 Å². The minimum Gasteiger partial charge on any atom is -0.346 e. The van der Waals surface area contributed by atoms with Crippen molar-refractivity contribution in [2.24, 2.45) is 0 Å². The number of amides is 1. The number of nitrogens with one attached hydrogen (secondary N) is 1. The van der Waals surface area contributed by atoms with Gasteiger partial charge in [-0.3, -0.25) is 4.79 Å². The van der Waals surface area contributed by atoms with E-state index in [0.29, 0.717) is 24.2 Å². The average Bonchev–Trinajstić information content (AvgIpc) is 3.20. The van der Waals surface area contributed by atoms with Gasteiger partial charge in [0.25, 0.3) is 5.91 Å². The molecule has 3 rings (SSSR count). The van der Waals surface area contributed by atoms with E-state index in [2.05, 4.69) is 31.3 Å². The van der Waals surface area contributed by atoms with Gasteiger partial charge in [-0.15, -0.1) is 0 Å². The number of rotatable bonds is 6. The molecule has 6 heteroatoms. The summed E-state index contributed by atoms with van der Waals surface area (Å²) < 4.78 is 26.4. The van der Waals surface area contributed by atoms with Crippen molar-refractivity contribution in [1.29, 1.82) is 0 Å². The van der Waals surface area contributed by atoms with E-state index in [-0.39, 0.29) is 17.7 Å². The highest BCUT2D eigenvalue weighted by molar-refractivity contribution is 7.88. The lowest BCUT2D eigenvalue weighted by molar-refractivity contribution is 0.0940. The first-order valence-electron chi connectivity index (χ1n) is 9.71. The molecule has 1 unspecified atom stereocenters. The fourth-order valence-electron chi connectivity index (χ4n) is 3.42. The molecule has 0 radical (unpaired) electrons. The molecule has 0 bridgehead atoms. The first kappa shape index (κ1) is 20.6. The minimum atomic E-state index is -3.28. The second-order valence-electron chi connectivity index (χ2n) is 7.60. The molecular weight excluding hydrogens is 372 g/mol. The highest BCUT2D eigenvalue weighted by atomic mass is 32.2. The summed E-state index contributed by atoms with van der Waals surface area (Å²) >= 11 is 0. The quantitative estimate of drug-likeness (QED) is 0.804. The Morgan fingerprint density at radius 1 is 1.04 bits per heavy atom. The molecule has 1 atom stereocenters.